The second kappa shape index (κ2) is 5.51. The van der Waals surface area contributed by atoms with E-state index in [0.29, 0.717) is 0 Å². The van der Waals surface area contributed by atoms with E-state index >= 15 is 0 Å². The molecular weight excluding hydrogens is 326 g/mol. The fraction of sp³-hybridized carbons (Fsp3) is 0.353. The van der Waals surface area contributed by atoms with Gasteiger partial charge in [-0.15, -0.1) is 0 Å². The standard InChI is InChI=1S/C17H15N3O5/c21-13-6-5-12(20(24)25)7-11(13)8-18-19-16(22)14-9-1-2-10(4-3-9)15(14)17(19)23/h1-2,5-10,14-15,21H,3-4H2/p-1/b18-8-/t9-,10-,14-,15-/m0/s1. The number of allylic oxidation sites excluding steroid dienone is 2. The second-order valence-electron chi connectivity index (χ2n) is 6.55. The van der Waals surface area contributed by atoms with Crippen LogP contribution in [0, 0.1) is 33.8 Å². The van der Waals surface area contributed by atoms with Gasteiger partial charge in [0.05, 0.1) is 23.0 Å². The number of nitro benzene ring substituents is 1. The molecule has 0 radical (unpaired) electrons. The van der Waals surface area contributed by atoms with Gasteiger partial charge in [-0.1, -0.05) is 24.0 Å². The van der Waals surface area contributed by atoms with E-state index in [0.717, 1.165) is 42.3 Å². The lowest BCUT2D eigenvalue weighted by Crippen LogP contribution is -2.38. The van der Waals surface area contributed by atoms with E-state index in [4.69, 9.17) is 0 Å². The van der Waals surface area contributed by atoms with Crippen LogP contribution in [0.4, 0.5) is 5.69 Å². The summed E-state index contributed by atoms with van der Waals surface area (Å²) in [6.07, 6.45) is 6.83. The minimum Gasteiger partial charge on any atom is -0.872 e. The molecule has 1 heterocycles. The largest absolute Gasteiger partial charge is 0.872 e. The van der Waals surface area contributed by atoms with Crippen molar-refractivity contribution in [2.24, 2.45) is 28.8 Å². The highest BCUT2D eigenvalue weighted by atomic mass is 16.6. The number of nitrogens with zero attached hydrogens (tertiary/aromatic N) is 3. The predicted molar refractivity (Wildman–Crippen MR) is 84.3 cm³/mol. The Morgan fingerprint density at radius 1 is 1.12 bits per heavy atom. The number of carbonyl (C=O) groups excluding carboxylic acids is 2. The first-order valence-corrected chi connectivity index (χ1v) is 8.03. The first-order chi connectivity index (χ1) is 12.0. The molecule has 25 heavy (non-hydrogen) atoms. The van der Waals surface area contributed by atoms with Crippen LogP contribution >= 0.6 is 0 Å². The zero-order valence-corrected chi connectivity index (χ0v) is 13.1. The van der Waals surface area contributed by atoms with Gasteiger partial charge in [0.2, 0.25) is 0 Å². The first kappa shape index (κ1) is 15.5. The van der Waals surface area contributed by atoms with Crippen molar-refractivity contribution in [1.29, 1.82) is 0 Å². The predicted octanol–water partition coefficient (Wildman–Crippen LogP) is 1.20. The smallest absolute Gasteiger partial charge is 0.270 e. The van der Waals surface area contributed by atoms with Crippen LogP contribution in [0.15, 0.2) is 35.5 Å². The minimum absolute atomic E-state index is 0.0363. The monoisotopic (exact) mass is 340 g/mol. The summed E-state index contributed by atoms with van der Waals surface area (Å²) in [5.74, 6) is -1.84. The molecule has 1 aliphatic heterocycles. The van der Waals surface area contributed by atoms with Gasteiger partial charge in [0.1, 0.15) is 0 Å². The van der Waals surface area contributed by atoms with Crippen LogP contribution in [0.25, 0.3) is 0 Å². The van der Waals surface area contributed by atoms with Crippen molar-refractivity contribution in [3.63, 3.8) is 0 Å². The summed E-state index contributed by atoms with van der Waals surface area (Å²) < 4.78 is 0. The molecule has 0 spiro atoms. The summed E-state index contributed by atoms with van der Waals surface area (Å²) in [6.45, 7) is 0. The highest BCUT2D eigenvalue weighted by Crippen LogP contribution is 2.49. The number of imide groups is 1. The molecule has 2 fully saturated rings. The van der Waals surface area contributed by atoms with Crippen LogP contribution in [-0.2, 0) is 9.59 Å². The molecule has 8 heteroatoms. The molecule has 4 aliphatic rings. The van der Waals surface area contributed by atoms with E-state index < -0.39 is 10.7 Å². The number of nitro groups is 1. The van der Waals surface area contributed by atoms with Gasteiger partial charge >= 0.3 is 0 Å². The Balaban J connectivity index is 1.63. The van der Waals surface area contributed by atoms with E-state index in [2.05, 4.69) is 5.10 Å². The number of rotatable bonds is 3. The van der Waals surface area contributed by atoms with Gasteiger partial charge in [-0.05, 0) is 30.2 Å². The van der Waals surface area contributed by atoms with Crippen LogP contribution in [0.2, 0.25) is 0 Å². The van der Waals surface area contributed by atoms with Crippen molar-refractivity contribution >= 4 is 23.7 Å². The average molecular weight is 340 g/mol. The molecule has 0 N–H and O–H groups in total. The molecule has 0 aromatic heterocycles. The number of non-ortho nitro benzene ring substituents is 1. The molecule has 4 atom stereocenters. The van der Waals surface area contributed by atoms with Gasteiger partial charge in [0, 0.05) is 12.1 Å². The lowest BCUT2D eigenvalue weighted by atomic mass is 9.63. The van der Waals surface area contributed by atoms with Gasteiger partial charge < -0.3 is 5.11 Å². The molecule has 2 amide bonds. The summed E-state index contributed by atoms with van der Waals surface area (Å²) in [5, 5.41) is 27.3. The molecule has 2 bridgehead atoms. The summed E-state index contributed by atoms with van der Waals surface area (Å²) in [5.41, 5.74) is -0.290. The Bertz CT molecular complexity index is 815. The zero-order chi connectivity index (χ0) is 17.7. The number of benzene rings is 1. The first-order valence-electron chi connectivity index (χ1n) is 8.03. The topological polar surface area (TPSA) is 116 Å². The van der Waals surface area contributed by atoms with Gasteiger partial charge in [-0.2, -0.15) is 10.1 Å². The summed E-state index contributed by atoms with van der Waals surface area (Å²) >= 11 is 0. The number of carbonyl (C=O) groups is 2. The third kappa shape index (κ3) is 2.33. The van der Waals surface area contributed by atoms with E-state index in [1.165, 1.54) is 0 Å². The molecule has 1 saturated heterocycles. The van der Waals surface area contributed by atoms with Crippen molar-refractivity contribution in [2.45, 2.75) is 12.8 Å². The van der Waals surface area contributed by atoms with Gasteiger partial charge in [-0.25, -0.2) is 0 Å². The molecule has 1 saturated carbocycles. The van der Waals surface area contributed by atoms with Crippen molar-refractivity contribution in [1.82, 2.24) is 5.01 Å². The third-order valence-electron chi connectivity index (χ3n) is 5.25. The van der Waals surface area contributed by atoms with Crippen molar-refractivity contribution in [2.75, 3.05) is 0 Å². The fourth-order valence-corrected chi connectivity index (χ4v) is 4.04. The normalized spacial score (nSPS) is 30.3. The molecular formula is C17H14N3O5-. The Kier molecular flexibility index (Phi) is 3.41. The summed E-state index contributed by atoms with van der Waals surface area (Å²) in [6, 6.07) is 3.25. The summed E-state index contributed by atoms with van der Waals surface area (Å²) in [7, 11) is 0. The van der Waals surface area contributed by atoms with Crippen LogP contribution in [0.1, 0.15) is 18.4 Å². The lowest BCUT2D eigenvalue weighted by molar-refractivity contribution is -0.385. The van der Waals surface area contributed by atoms with Crippen molar-refractivity contribution in [3.8, 4) is 5.75 Å². The van der Waals surface area contributed by atoms with Crippen LogP contribution in [-0.4, -0.2) is 28.0 Å². The SMILES string of the molecule is O=C1[C@@H]2[C@@H](C(=O)N1/N=C\c1cc([N+](=O)[O-])ccc1[O-])[C@H]1C=C[C@H]2CC1. The molecule has 1 aromatic rings. The Labute approximate surface area is 142 Å². The van der Waals surface area contributed by atoms with E-state index in [-0.39, 0.29) is 46.7 Å². The van der Waals surface area contributed by atoms with Crippen molar-refractivity contribution < 1.29 is 19.6 Å². The Morgan fingerprint density at radius 2 is 1.72 bits per heavy atom. The maximum Gasteiger partial charge on any atom is 0.270 e. The maximum atomic E-state index is 12.6. The van der Waals surface area contributed by atoms with Crippen LogP contribution < -0.4 is 5.11 Å². The Hall–Kier alpha value is -3.03. The number of hydrazone groups is 1. The minimum atomic E-state index is -0.624. The fourth-order valence-electron chi connectivity index (χ4n) is 4.04. The zero-order valence-electron chi connectivity index (χ0n) is 13.1. The molecule has 5 rings (SSSR count). The quantitative estimate of drug-likeness (QED) is 0.269. The number of amides is 2. The highest BCUT2D eigenvalue weighted by Gasteiger charge is 2.56. The van der Waals surface area contributed by atoms with Gasteiger partial charge in [0.15, 0.2) is 0 Å². The van der Waals surface area contributed by atoms with Crippen LogP contribution in [0.5, 0.6) is 5.75 Å². The highest BCUT2D eigenvalue weighted by molar-refractivity contribution is 6.06. The number of fused-ring (bicyclic) bond motifs is 1. The maximum absolute atomic E-state index is 12.6. The van der Waals surface area contributed by atoms with Crippen molar-refractivity contribution in [3.05, 3.63) is 46.0 Å². The molecule has 1 aromatic carbocycles. The number of hydrogen-bond acceptors (Lipinski definition) is 6. The third-order valence-corrected chi connectivity index (χ3v) is 5.25. The number of hydrogen-bond donors (Lipinski definition) is 0. The lowest BCUT2D eigenvalue weighted by Gasteiger charge is -2.37. The second-order valence-corrected chi connectivity index (χ2v) is 6.55. The molecule has 8 nitrogen and oxygen atoms in total. The molecule has 3 aliphatic carbocycles. The van der Waals surface area contributed by atoms with Crippen LogP contribution in [0.3, 0.4) is 0 Å². The average Bonchev–Trinajstić information content (AvgIpc) is 2.88. The van der Waals surface area contributed by atoms with E-state index in [1.54, 1.807) is 0 Å². The van der Waals surface area contributed by atoms with Gasteiger partial charge in [-0.3, -0.25) is 19.7 Å². The summed E-state index contributed by atoms with van der Waals surface area (Å²) in [4.78, 5) is 35.4. The molecule has 128 valence electrons. The molecule has 0 unspecified atom stereocenters. The van der Waals surface area contributed by atoms with E-state index in [9.17, 15) is 24.8 Å². The Morgan fingerprint density at radius 3 is 2.24 bits per heavy atom. The van der Waals surface area contributed by atoms with E-state index in [1.807, 2.05) is 12.2 Å². The van der Waals surface area contributed by atoms with Gasteiger partial charge in [0.25, 0.3) is 17.5 Å².